The molecule has 1 aliphatic carbocycles. The van der Waals surface area contributed by atoms with Crippen molar-refractivity contribution in [3.8, 4) is 0 Å². The Kier molecular flexibility index (Phi) is 5.20. The van der Waals surface area contributed by atoms with E-state index in [2.05, 4.69) is 22.1 Å². The van der Waals surface area contributed by atoms with Crippen LogP contribution in [0.5, 0.6) is 0 Å². The van der Waals surface area contributed by atoms with Crippen molar-refractivity contribution in [1.29, 1.82) is 0 Å². The third-order valence-electron chi connectivity index (χ3n) is 7.41. The maximum atomic E-state index is 5.78. The summed E-state index contributed by atoms with van der Waals surface area (Å²) in [4.78, 5) is 7.54. The van der Waals surface area contributed by atoms with Gasteiger partial charge in [-0.3, -0.25) is 9.58 Å². The quantitative estimate of drug-likeness (QED) is 0.742. The van der Waals surface area contributed by atoms with E-state index in [1.165, 1.54) is 30.5 Å². The SMILES string of the molecule is Cc1c(CN2CCC(CC3CC3)(c3noc(C4CCOCC4)n3)CC2)cnn1C. The van der Waals surface area contributed by atoms with Crippen LogP contribution in [0.3, 0.4) is 0 Å². The molecule has 0 bridgehead atoms. The lowest BCUT2D eigenvalue weighted by Crippen LogP contribution is -2.43. The van der Waals surface area contributed by atoms with Crippen molar-refractivity contribution >= 4 is 0 Å². The van der Waals surface area contributed by atoms with Crippen LogP contribution < -0.4 is 0 Å². The number of rotatable bonds is 6. The Morgan fingerprint density at radius 2 is 1.90 bits per heavy atom. The molecular formula is C22H33N5O2. The van der Waals surface area contributed by atoms with E-state index in [1.54, 1.807) is 0 Å². The van der Waals surface area contributed by atoms with Crippen LogP contribution in [0.2, 0.25) is 0 Å². The maximum Gasteiger partial charge on any atom is 0.229 e. The molecule has 158 valence electrons. The molecule has 5 rings (SSSR count). The third kappa shape index (κ3) is 3.99. The molecule has 0 atom stereocenters. The summed E-state index contributed by atoms with van der Waals surface area (Å²) >= 11 is 0. The van der Waals surface area contributed by atoms with Gasteiger partial charge in [0, 0.05) is 49.4 Å². The predicted molar refractivity (Wildman–Crippen MR) is 109 cm³/mol. The largest absolute Gasteiger partial charge is 0.381 e. The molecule has 0 unspecified atom stereocenters. The summed E-state index contributed by atoms with van der Waals surface area (Å²) in [6.07, 6.45) is 10.2. The fourth-order valence-electron chi connectivity index (χ4n) is 5.03. The van der Waals surface area contributed by atoms with E-state index < -0.39 is 0 Å². The van der Waals surface area contributed by atoms with Crippen LogP contribution in [0.4, 0.5) is 0 Å². The monoisotopic (exact) mass is 399 g/mol. The van der Waals surface area contributed by atoms with Crippen molar-refractivity contribution in [2.75, 3.05) is 26.3 Å². The molecule has 7 nitrogen and oxygen atoms in total. The van der Waals surface area contributed by atoms with Crippen LogP contribution in [0.25, 0.3) is 0 Å². The van der Waals surface area contributed by atoms with E-state index in [-0.39, 0.29) is 5.41 Å². The zero-order chi connectivity index (χ0) is 19.8. The lowest BCUT2D eigenvalue weighted by atomic mass is 9.73. The highest BCUT2D eigenvalue weighted by atomic mass is 16.5. The van der Waals surface area contributed by atoms with Gasteiger partial charge in [-0.15, -0.1) is 0 Å². The van der Waals surface area contributed by atoms with Crippen molar-refractivity contribution in [3.63, 3.8) is 0 Å². The average Bonchev–Trinajstić information content (AvgIpc) is 3.31. The first kappa shape index (κ1) is 19.2. The van der Waals surface area contributed by atoms with Crippen LogP contribution in [-0.4, -0.2) is 51.1 Å². The fourth-order valence-corrected chi connectivity index (χ4v) is 5.03. The number of hydrogen-bond acceptors (Lipinski definition) is 6. The second-order valence-electron chi connectivity index (χ2n) is 9.43. The molecular weight excluding hydrogens is 366 g/mol. The molecule has 29 heavy (non-hydrogen) atoms. The van der Waals surface area contributed by atoms with E-state index in [0.717, 1.165) is 76.2 Å². The molecule has 2 aliphatic heterocycles. The van der Waals surface area contributed by atoms with Gasteiger partial charge < -0.3 is 9.26 Å². The lowest BCUT2D eigenvalue weighted by molar-refractivity contribution is 0.0778. The normalized spacial score (nSPS) is 23.5. The number of nitrogens with zero attached hydrogens (tertiary/aromatic N) is 5. The summed E-state index contributed by atoms with van der Waals surface area (Å²) in [5.41, 5.74) is 2.69. The summed E-state index contributed by atoms with van der Waals surface area (Å²) in [5, 5.41) is 8.94. The minimum absolute atomic E-state index is 0.0918. The van der Waals surface area contributed by atoms with Crippen LogP contribution in [0.1, 0.15) is 73.8 Å². The molecule has 2 aromatic heterocycles. The first-order chi connectivity index (χ1) is 14.1. The number of piperidine rings is 1. The van der Waals surface area contributed by atoms with Gasteiger partial charge in [-0.2, -0.15) is 10.1 Å². The molecule has 2 saturated heterocycles. The summed E-state index contributed by atoms with van der Waals surface area (Å²) < 4.78 is 13.2. The second-order valence-corrected chi connectivity index (χ2v) is 9.43. The second kappa shape index (κ2) is 7.84. The Bertz CT molecular complexity index is 826. The highest BCUT2D eigenvalue weighted by Crippen LogP contribution is 2.47. The summed E-state index contributed by atoms with van der Waals surface area (Å²) in [7, 11) is 2.02. The number of hydrogen-bond donors (Lipinski definition) is 0. The highest BCUT2D eigenvalue weighted by Gasteiger charge is 2.44. The smallest absolute Gasteiger partial charge is 0.229 e. The predicted octanol–water partition coefficient (Wildman–Crippen LogP) is 3.34. The summed E-state index contributed by atoms with van der Waals surface area (Å²) in [5.74, 6) is 3.04. The van der Waals surface area contributed by atoms with Crippen molar-refractivity contribution in [1.82, 2.24) is 24.8 Å². The number of likely N-dealkylation sites (tertiary alicyclic amines) is 1. The minimum Gasteiger partial charge on any atom is -0.381 e. The third-order valence-corrected chi connectivity index (χ3v) is 7.41. The molecule has 3 aliphatic rings. The molecule has 0 amide bonds. The highest BCUT2D eigenvalue weighted by molar-refractivity contribution is 5.17. The van der Waals surface area contributed by atoms with E-state index >= 15 is 0 Å². The molecule has 7 heteroatoms. The fraction of sp³-hybridized carbons (Fsp3) is 0.773. The Balaban J connectivity index is 1.29. The van der Waals surface area contributed by atoms with E-state index in [0.29, 0.717) is 5.92 Å². The molecule has 0 spiro atoms. The number of ether oxygens (including phenoxy) is 1. The van der Waals surface area contributed by atoms with Crippen molar-refractivity contribution in [3.05, 3.63) is 29.2 Å². The Morgan fingerprint density at radius 3 is 2.55 bits per heavy atom. The van der Waals surface area contributed by atoms with E-state index in [9.17, 15) is 0 Å². The average molecular weight is 400 g/mol. The van der Waals surface area contributed by atoms with Gasteiger partial charge in [0.1, 0.15) is 0 Å². The van der Waals surface area contributed by atoms with Crippen LogP contribution in [0, 0.1) is 12.8 Å². The van der Waals surface area contributed by atoms with Gasteiger partial charge in [0.05, 0.1) is 6.20 Å². The molecule has 1 saturated carbocycles. The summed E-state index contributed by atoms with van der Waals surface area (Å²) in [6, 6.07) is 0. The van der Waals surface area contributed by atoms with Gasteiger partial charge in [0.15, 0.2) is 5.82 Å². The molecule has 0 radical (unpaired) electrons. The molecule has 0 N–H and O–H groups in total. The van der Waals surface area contributed by atoms with E-state index in [4.69, 9.17) is 14.2 Å². The van der Waals surface area contributed by atoms with Crippen LogP contribution in [0.15, 0.2) is 10.7 Å². The first-order valence-electron chi connectivity index (χ1n) is 11.2. The van der Waals surface area contributed by atoms with Gasteiger partial charge in [0.25, 0.3) is 0 Å². The molecule has 0 aromatic carbocycles. The first-order valence-corrected chi connectivity index (χ1v) is 11.2. The molecule has 3 fully saturated rings. The zero-order valence-electron chi connectivity index (χ0n) is 17.8. The standard InChI is InChI=1S/C22H33N5O2/c1-16-19(14-23-26(16)2)15-27-9-7-22(8-10-27,13-17-3-4-17)21-24-20(29-25-21)18-5-11-28-12-6-18/h14,17-18H,3-13,15H2,1-2H3. The van der Waals surface area contributed by atoms with Crippen LogP contribution >= 0.6 is 0 Å². The Labute approximate surface area is 172 Å². The van der Waals surface area contributed by atoms with Crippen molar-refractivity contribution in [2.24, 2.45) is 13.0 Å². The molecule has 4 heterocycles. The lowest BCUT2D eigenvalue weighted by Gasteiger charge is -2.40. The van der Waals surface area contributed by atoms with Gasteiger partial charge in [-0.25, -0.2) is 0 Å². The van der Waals surface area contributed by atoms with E-state index in [1.807, 2.05) is 17.9 Å². The van der Waals surface area contributed by atoms with Crippen molar-refractivity contribution < 1.29 is 9.26 Å². The summed E-state index contributed by atoms with van der Waals surface area (Å²) in [6.45, 7) is 6.92. The Morgan fingerprint density at radius 1 is 1.14 bits per heavy atom. The van der Waals surface area contributed by atoms with Gasteiger partial charge in [-0.1, -0.05) is 18.0 Å². The minimum atomic E-state index is 0.0918. The van der Waals surface area contributed by atoms with Gasteiger partial charge in [-0.05, 0) is 58.0 Å². The van der Waals surface area contributed by atoms with Crippen LogP contribution in [-0.2, 0) is 23.7 Å². The number of aromatic nitrogens is 4. The maximum absolute atomic E-state index is 5.78. The Hall–Kier alpha value is -1.73. The zero-order valence-corrected chi connectivity index (χ0v) is 17.8. The molecule has 2 aromatic rings. The topological polar surface area (TPSA) is 69.2 Å². The number of aryl methyl sites for hydroxylation is 1. The van der Waals surface area contributed by atoms with Crippen molar-refractivity contribution in [2.45, 2.75) is 69.7 Å². The van der Waals surface area contributed by atoms with Gasteiger partial charge in [0.2, 0.25) is 5.89 Å². The van der Waals surface area contributed by atoms with Gasteiger partial charge >= 0.3 is 0 Å².